The Bertz CT molecular complexity index is 1380. The molecule has 1 saturated carbocycles. The molecular weight excluding hydrogens is 490 g/mol. The Morgan fingerprint density at radius 2 is 1.72 bits per heavy atom. The fourth-order valence-corrected chi connectivity index (χ4v) is 6.15. The maximum absolute atomic E-state index is 13.7. The number of H-pyrrole nitrogens is 1. The molecule has 3 aromatic rings. The minimum atomic E-state index is -0.200. The van der Waals surface area contributed by atoms with Gasteiger partial charge in [-0.05, 0) is 116 Å². The summed E-state index contributed by atoms with van der Waals surface area (Å²) in [5.41, 5.74) is 7.32. The predicted octanol–water partition coefficient (Wildman–Crippen LogP) is 5.20. The van der Waals surface area contributed by atoms with Gasteiger partial charge in [0, 0.05) is 53.2 Å². The van der Waals surface area contributed by atoms with E-state index in [4.69, 9.17) is 4.52 Å². The summed E-state index contributed by atoms with van der Waals surface area (Å²) in [4.78, 5) is 33.9. The molecule has 0 atom stereocenters. The Morgan fingerprint density at radius 1 is 1.05 bits per heavy atom. The van der Waals surface area contributed by atoms with Gasteiger partial charge in [0.2, 0.25) is 0 Å². The standard InChI is InChI=1S/C31H43N5O3/c1-9-36(25-12-10-24(11-13-25)35(7)8)28-16-23(29-21(5)34-39-22(29)6)15-26(20(28)4)30(37)32-17-27-18(2)14-19(3)33-31(27)38/h14-16,24-25H,9-13,17H2,1-8H3,(H,32,37)(H,33,38)/t24-,25-. The second kappa shape index (κ2) is 11.8. The van der Waals surface area contributed by atoms with E-state index in [2.05, 4.69) is 52.3 Å². The molecule has 1 aliphatic carbocycles. The molecule has 8 heteroatoms. The monoisotopic (exact) mass is 533 g/mol. The first-order chi connectivity index (χ1) is 18.5. The zero-order valence-electron chi connectivity index (χ0n) is 24.7. The van der Waals surface area contributed by atoms with Gasteiger partial charge in [-0.25, -0.2) is 0 Å². The summed E-state index contributed by atoms with van der Waals surface area (Å²) in [5, 5.41) is 7.19. The number of hydrogen-bond donors (Lipinski definition) is 2. The quantitative estimate of drug-likeness (QED) is 0.413. The molecular formula is C31H43N5O3. The van der Waals surface area contributed by atoms with Crippen LogP contribution in [0.3, 0.4) is 0 Å². The number of hydrogen-bond acceptors (Lipinski definition) is 6. The molecule has 1 fully saturated rings. The summed E-state index contributed by atoms with van der Waals surface area (Å²) >= 11 is 0. The van der Waals surface area contributed by atoms with Gasteiger partial charge in [0.1, 0.15) is 5.76 Å². The number of aromatic nitrogens is 2. The van der Waals surface area contributed by atoms with Crippen molar-refractivity contribution in [2.24, 2.45) is 0 Å². The van der Waals surface area contributed by atoms with Crippen molar-refractivity contribution in [2.45, 2.75) is 85.9 Å². The van der Waals surface area contributed by atoms with Crippen LogP contribution in [0.1, 0.15) is 76.8 Å². The largest absolute Gasteiger partial charge is 0.369 e. The minimum Gasteiger partial charge on any atom is -0.369 e. The highest BCUT2D eigenvalue weighted by Crippen LogP contribution is 2.37. The summed E-state index contributed by atoms with van der Waals surface area (Å²) in [5.74, 6) is 0.527. The molecule has 0 bridgehead atoms. The third kappa shape index (κ3) is 5.96. The fraction of sp³-hybridized carbons (Fsp3) is 0.516. The normalized spacial score (nSPS) is 17.5. The number of anilines is 1. The number of pyridine rings is 1. The van der Waals surface area contributed by atoms with Crippen LogP contribution in [0.25, 0.3) is 11.1 Å². The topological polar surface area (TPSA) is 94.5 Å². The minimum absolute atomic E-state index is 0.163. The third-order valence-electron chi connectivity index (χ3n) is 8.35. The van der Waals surface area contributed by atoms with Crippen molar-refractivity contribution in [3.63, 3.8) is 0 Å². The van der Waals surface area contributed by atoms with E-state index in [1.54, 1.807) is 0 Å². The highest BCUT2D eigenvalue weighted by Gasteiger charge is 2.29. The number of nitrogens with one attached hydrogen (secondary N) is 2. The number of aryl methyl sites for hydroxylation is 4. The van der Waals surface area contributed by atoms with Gasteiger partial charge in [0.25, 0.3) is 11.5 Å². The zero-order valence-corrected chi connectivity index (χ0v) is 24.7. The van der Waals surface area contributed by atoms with Gasteiger partial charge in [-0.1, -0.05) is 5.16 Å². The first-order valence-corrected chi connectivity index (χ1v) is 14.0. The molecule has 1 aliphatic rings. The Labute approximate surface area is 231 Å². The van der Waals surface area contributed by atoms with Gasteiger partial charge in [-0.15, -0.1) is 0 Å². The number of aromatic amines is 1. The number of carbonyl (C=O) groups is 1. The molecule has 4 rings (SSSR count). The van der Waals surface area contributed by atoms with E-state index in [-0.39, 0.29) is 18.0 Å². The molecule has 2 heterocycles. The molecule has 2 N–H and O–H groups in total. The van der Waals surface area contributed by atoms with Crippen LogP contribution < -0.4 is 15.8 Å². The van der Waals surface area contributed by atoms with E-state index in [1.807, 2.05) is 46.8 Å². The van der Waals surface area contributed by atoms with Crippen LogP contribution in [0.5, 0.6) is 0 Å². The molecule has 0 spiro atoms. The molecule has 0 unspecified atom stereocenters. The van der Waals surface area contributed by atoms with Gasteiger partial charge < -0.3 is 24.6 Å². The van der Waals surface area contributed by atoms with Gasteiger partial charge in [0.15, 0.2) is 0 Å². The fourth-order valence-electron chi connectivity index (χ4n) is 6.15. The van der Waals surface area contributed by atoms with Crippen molar-refractivity contribution in [3.05, 3.63) is 68.0 Å². The van der Waals surface area contributed by atoms with E-state index in [0.717, 1.165) is 77.3 Å². The number of rotatable bonds is 8. The molecule has 1 amide bonds. The molecule has 39 heavy (non-hydrogen) atoms. The Kier molecular flexibility index (Phi) is 8.64. The van der Waals surface area contributed by atoms with E-state index in [9.17, 15) is 9.59 Å². The lowest BCUT2D eigenvalue weighted by Gasteiger charge is -2.40. The smallest absolute Gasteiger partial charge is 0.253 e. The van der Waals surface area contributed by atoms with Crippen LogP contribution in [-0.2, 0) is 6.54 Å². The van der Waals surface area contributed by atoms with Crippen LogP contribution in [-0.4, -0.2) is 53.7 Å². The van der Waals surface area contributed by atoms with E-state index >= 15 is 0 Å². The van der Waals surface area contributed by atoms with Crippen molar-refractivity contribution in [3.8, 4) is 11.1 Å². The van der Waals surface area contributed by atoms with Crippen molar-refractivity contribution in [2.75, 3.05) is 25.5 Å². The van der Waals surface area contributed by atoms with Crippen molar-refractivity contribution >= 4 is 11.6 Å². The van der Waals surface area contributed by atoms with Crippen LogP contribution in [0.2, 0.25) is 0 Å². The summed E-state index contributed by atoms with van der Waals surface area (Å²) in [6, 6.07) is 7.08. The summed E-state index contributed by atoms with van der Waals surface area (Å²) in [6.07, 6.45) is 4.55. The summed E-state index contributed by atoms with van der Waals surface area (Å²) in [7, 11) is 4.33. The molecule has 1 aromatic carbocycles. The first kappa shape index (κ1) is 28.6. The summed E-state index contributed by atoms with van der Waals surface area (Å²) < 4.78 is 5.49. The molecule has 0 radical (unpaired) electrons. The maximum Gasteiger partial charge on any atom is 0.253 e. The maximum atomic E-state index is 13.7. The Balaban J connectivity index is 1.72. The third-order valence-corrected chi connectivity index (χ3v) is 8.35. The molecule has 2 aromatic heterocycles. The second-order valence-corrected chi connectivity index (χ2v) is 11.2. The average molecular weight is 534 g/mol. The van der Waals surface area contributed by atoms with Crippen molar-refractivity contribution in [1.29, 1.82) is 0 Å². The number of nitrogens with zero attached hydrogens (tertiary/aromatic N) is 3. The lowest BCUT2D eigenvalue weighted by molar-refractivity contribution is 0.0950. The molecule has 8 nitrogen and oxygen atoms in total. The first-order valence-electron chi connectivity index (χ1n) is 14.0. The SMILES string of the molecule is CCN(c1cc(-c2c(C)noc2C)cc(C(=O)NCc2c(C)cc(C)[nH]c2=O)c1C)[C@H]1CC[C@H](N(C)C)CC1. The summed E-state index contributed by atoms with van der Waals surface area (Å²) in [6.45, 7) is 12.8. The van der Waals surface area contributed by atoms with Gasteiger partial charge in [0.05, 0.1) is 5.69 Å². The zero-order chi connectivity index (χ0) is 28.4. The highest BCUT2D eigenvalue weighted by molar-refractivity contribution is 5.99. The Hall–Kier alpha value is -3.39. The van der Waals surface area contributed by atoms with Crippen LogP contribution >= 0.6 is 0 Å². The van der Waals surface area contributed by atoms with Gasteiger partial charge in [-0.3, -0.25) is 9.59 Å². The van der Waals surface area contributed by atoms with E-state index in [0.29, 0.717) is 23.2 Å². The highest BCUT2D eigenvalue weighted by atomic mass is 16.5. The molecule has 0 saturated heterocycles. The van der Waals surface area contributed by atoms with Gasteiger partial charge >= 0.3 is 0 Å². The van der Waals surface area contributed by atoms with E-state index < -0.39 is 0 Å². The predicted molar refractivity (Wildman–Crippen MR) is 157 cm³/mol. The van der Waals surface area contributed by atoms with Crippen LogP contribution in [0, 0.1) is 34.6 Å². The van der Waals surface area contributed by atoms with Crippen LogP contribution in [0.15, 0.2) is 27.5 Å². The average Bonchev–Trinajstić information content (AvgIpc) is 3.22. The second-order valence-electron chi connectivity index (χ2n) is 11.2. The Morgan fingerprint density at radius 3 is 2.28 bits per heavy atom. The number of amides is 1. The van der Waals surface area contributed by atoms with Gasteiger partial charge in [-0.2, -0.15) is 0 Å². The van der Waals surface area contributed by atoms with Crippen molar-refractivity contribution in [1.82, 2.24) is 20.4 Å². The van der Waals surface area contributed by atoms with Crippen molar-refractivity contribution < 1.29 is 9.32 Å². The van der Waals surface area contributed by atoms with E-state index in [1.165, 1.54) is 0 Å². The lowest BCUT2D eigenvalue weighted by atomic mass is 9.88. The van der Waals surface area contributed by atoms with Crippen LogP contribution in [0.4, 0.5) is 5.69 Å². The lowest BCUT2D eigenvalue weighted by Crippen LogP contribution is -2.42. The molecule has 0 aliphatic heterocycles. The molecule has 210 valence electrons. The number of benzene rings is 1. The number of carbonyl (C=O) groups excluding carboxylic acids is 1.